The molecule has 0 aromatic heterocycles. The number of piperidine rings is 1. The van der Waals surface area contributed by atoms with Crippen LogP contribution < -0.4 is 11.1 Å². The van der Waals surface area contributed by atoms with Gasteiger partial charge in [-0.2, -0.15) is 0 Å². The Morgan fingerprint density at radius 2 is 2.11 bits per heavy atom. The number of nitrogens with zero attached hydrogens (tertiary/aromatic N) is 1. The first-order valence-corrected chi connectivity index (χ1v) is 6.89. The number of nitrogens with two attached hydrogens (primary N) is 1. The van der Waals surface area contributed by atoms with Gasteiger partial charge in [0.1, 0.15) is 0 Å². The number of carbonyl (C=O) groups is 1. The molecule has 0 saturated carbocycles. The quantitative estimate of drug-likeness (QED) is 0.734. The fourth-order valence-electron chi connectivity index (χ4n) is 2.71. The molecule has 2 heterocycles. The molecule has 2 aliphatic rings. The average molecular weight is 255 g/mol. The van der Waals surface area contributed by atoms with Crippen LogP contribution in [0.5, 0.6) is 0 Å². The normalized spacial score (nSPS) is 33.1. The van der Waals surface area contributed by atoms with Crippen molar-refractivity contribution in [2.45, 2.75) is 50.2 Å². The van der Waals surface area contributed by atoms with E-state index in [1.165, 1.54) is 0 Å². The number of hydrogen-bond donors (Lipinski definition) is 2. The molecule has 1 amide bonds. The van der Waals surface area contributed by atoms with Crippen molar-refractivity contribution in [1.82, 2.24) is 10.2 Å². The first kappa shape index (κ1) is 13.8. The second-order valence-electron chi connectivity index (χ2n) is 5.79. The maximum atomic E-state index is 12.3. The van der Waals surface area contributed by atoms with Gasteiger partial charge in [0.05, 0.1) is 5.54 Å². The van der Waals surface area contributed by atoms with Crippen LogP contribution in [0, 0.1) is 0 Å². The van der Waals surface area contributed by atoms with E-state index in [9.17, 15) is 4.79 Å². The SMILES string of the molecule is CC1CC(NC(=O)C2(N)CCOCC2)CCN1C. The van der Waals surface area contributed by atoms with E-state index in [-0.39, 0.29) is 11.9 Å². The molecule has 5 nitrogen and oxygen atoms in total. The standard InChI is InChI=1S/C13H25N3O2/c1-10-9-11(3-6-16(10)2)15-12(17)13(14)4-7-18-8-5-13/h10-11H,3-9,14H2,1-2H3,(H,15,17). The molecule has 5 heteroatoms. The number of likely N-dealkylation sites (tertiary alicyclic amines) is 1. The van der Waals surface area contributed by atoms with Crippen molar-refractivity contribution >= 4 is 5.91 Å². The van der Waals surface area contributed by atoms with Gasteiger partial charge in [0.2, 0.25) is 5.91 Å². The molecule has 0 aliphatic carbocycles. The van der Waals surface area contributed by atoms with Gasteiger partial charge in [-0.1, -0.05) is 0 Å². The van der Waals surface area contributed by atoms with Crippen LogP contribution in [-0.4, -0.2) is 55.2 Å². The Bertz CT molecular complexity index is 303. The Kier molecular flexibility index (Phi) is 4.25. The summed E-state index contributed by atoms with van der Waals surface area (Å²) in [5, 5.41) is 3.13. The van der Waals surface area contributed by atoms with E-state index in [1.807, 2.05) is 0 Å². The van der Waals surface area contributed by atoms with Gasteiger partial charge in [-0.15, -0.1) is 0 Å². The molecule has 2 unspecified atom stereocenters. The summed E-state index contributed by atoms with van der Waals surface area (Å²) >= 11 is 0. The lowest BCUT2D eigenvalue weighted by molar-refractivity contribution is -0.130. The maximum absolute atomic E-state index is 12.3. The van der Waals surface area contributed by atoms with E-state index in [4.69, 9.17) is 10.5 Å². The van der Waals surface area contributed by atoms with Crippen molar-refractivity contribution in [2.75, 3.05) is 26.8 Å². The summed E-state index contributed by atoms with van der Waals surface area (Å²) in [7, 11) is 2.13. The number of rotatable bonds is 2. The van der Waals surface area contributed by atoms with Crippen molar-refractivity contribution in [3.05, 3.63) is 0 Å². The van der Waals surface area contributed by atoms with Crippen LogP contribution in [0.15, 0.2) is 0 Å². The van der Waals surface area contributed by atoms with Gasteiger partial charge in [0.15, 0.2) is 0 Å². The molecule has 18 heavy (non-hydrogen) atoms. The summed E-state index contributed by atoms with van der Waals surface area (Å²) in [5.41, 5.74) is 5.46. The molecular formula is C13H25N3O2. The summed E-state index contributed by atoms with van der Waals surface area (Å²) < 4.78 is 5.27. The lowest BCUT2D eigenvalue weighted by atomic mass is 9.89. The smallest absolute Gasteiger partial charge is 0.240 e. The average Bonchev–Trinajstić information content (AvgIpc) is 2.35. The molecule has 0 spiro atoms. The third-order valence-electron chi connectivity index (χ3n) is 4.38. The van der Waals surface area contributed by atoms with Crippen LogP contribution in [0.3, 0.4) is 0 Å². The molecule has 0 bridgehead atoms. The number of carbonyl (C=O) groups excluding carboxylic acids is 1. The predicted molar refractivity (Wildman–Crippen MR) is 70.2 cm³/mol. The highest BCUT2D eigenvalue weighted by Crippen LogP contribution is 2.20. The minimum atomic E-state index is -0.717. The zero-order valence-electron chi connectivity index (χ0n) is 11.4. The maximum Gasteiger partial charge on any atom is 0.240 e. The second-order valence-corrected chi connectivity index (χ2v) is 5.79. The molecular weight excluding hydrogens is 230 g/mol. The Morgan fingerprint density at radius 3 is 2.72 bits per heavy atom. The topological polar surface area (TPSA) is 67.6 Å². The van der Waals surface area contributed by atoms with Gasteiger partial charge in [0.25, 0.3) is 0 Å². The van der Waals surface area contributed by atoms with Gasteiger partial charge < -0.3 is 20.7 Å². The van der Waals surface area contributed by atoms with E-state index in [0.717, 1.165) is 19.4 Å². The van der Waals surface area contributed by atoms with E-state index in [1.54, 1.807) is 0 Å². The Hall–Kier alpha value is -0.650. The minimum absolute atomic E-state index is 0.00699. The Labute approximate surface area is 109 Å². The Morgan fingerprint density at radius 1 is 1.44 bits per heavy atom. The molecule has 2 saturated heterocycles. The van der Waals surface area contributed by atoms with Gasteiger partial charge in [-0.3, -0.25) is 4.79 Å². The lowest BCUT2D eigenvalue weighted by Crippen LogP contribution is -2.60. The molecule has 2 rings (SSSR count). The van der Waals surface area contributed by atoms with Crippen LogP contribution in [0.1, 0.15) is 32.6 Å². The fraction of sp³-hybridized carbons (Fsp3) is 0.923. The van der Waals surface area contributed by atoms with Crippen molar-refractivity contribution in [2.24, 2.45) is 5.73 Å². The zero-order valence-corrected chi connectivity index (χ0v) is 11.4. The monoisotopic (exact) mass is 255 g/mol. The van der Waals surface area contributed by atoms with Gasteiger partial charge in [-0.25, -0.2) is 0 Å². The molecule has 0 aromatic carbocycles. The number of nitrogens with one attached hydrogen (secondary N) is 1. The van der Waals surface area contributed by atoms with Crippen LogP contribution >= 0.6 is 0 Å². The third-order valence-corrected chi connectivity index (χ3v) is 4.38. The van der Waals surface area contributed by atoms with Gasteiger partial charge in [-0.05, 0) is 39.7 Å². The lowest BCUT2D eigenvalue weighted by Gasteiger charge is -2.38. The van der Waals surface area contributed by atoms with E-state index >= 15 is 0 Å². The summed E-state index contributed by atoms with van der Waals surface area (Å²) in [4.78, 5) is 14.6. The van der Waals surface area contributed by atoms with E-state index in [0.29, 0.717) is 32.1 Å². The number of ether oxygens (including phenoxy) is 1. The molecule has 2 fully saturated rings. The molecule has 0 radical (unpaired) electrons. The third kappa shape index (κ3) is 3.02. The largest absolute Gasteiger partial charge is 0.381 e. The summed E-state index contributed by atoms with van der Waals surface area (Å²) in [6.45, 7) is 4.42. The van der Waals surface area contributed by atoms with Crippen molar-refractivity contribution in [3.8, 4) is 0 Å². The first-order valence-electron chi connectivity index (χ1n) is 6.89. The highest BCUT2D eigenvalue weighted by atomic mass is 16.5. The van der Waals surface area contributed by atoms with Crippen LogP contribution in [-0.2, 0) is 9.53 Å². The summed E-state index contributed by atoms with van der Waals surface area (Å²) in [6, 6.07) is 0.791. The van der Waals surface area contributed by atoms with Crippen molar-refractivity contribution < 1.29 is 9.53 Å². The van der Waals surface area contributed by atoms with Crippen LogP contribution in [0.4, 0.5) is 0 Å². The number of hydrogen-bond acceptors (Lipinski definition) is 4. The second kappa shape index (κ2) is 5.55. The zero-order chi connectivity index (χ0) is 13.2. The predicted octanol–water partition coefficient (Wildman–Crippen LogP) is 0.0932. The summed E-state index contributed by atoms with van der Waals surface area (Å²) in [5.74, 6) is 0.00699. The van der Waals surface area contributed by atoms with Crippen molar-refractivity contribution in [3.63, 3.8) is 0 Å². The fourth-order valence-corrected chi connectivity index (χ4v) is 2.71. The van der Waals surface area contributed by atoms with E-state index in [2.05, 4.69) is 24.2 Å². The molecule has 2 aliphatic heterocycles. The molecule has 2 atom stereocenters. The van der Waals surface area contributed by atoms with Gasteiger partial charge >= 0.3 is 0 Å². The molecule has 104 valence electrons. The highest BCUT2D eigenvalue weighted by molar-refractivity contribution is 5.86. The van der Waals surface area contributed by atoms with Gasteiger partial charge in [0, 0.05) is 31.8 Å². The molecule has 3 N–H and O–H groups in total. The Balaban J connectivity index is 1.87. The van der Waals surface area contributed by atoms with Crippen molar-refractivity contribution in [1.29, 1.82) is 0 Å². The minimum Gasteiger partial charge on any atom is -0.381 e. The highest BCUT2D eigenvalue weighted by Gasteiger charge is 2.37. The van der Waals surface area contributed by atoms with Crippen LogP contribution in [0.25, 0.3) is 0 Å². The number of amides is 1. The summed E-state index contributed by atoms with van der Waals surface area (Å²) in [6.07, 6.45) is 3.27. The van der Waals surface area contributed by atoms with E-state index < -0.39 is 5.54 Å². The first-order chi connectivity index (χ1) is 8.51. The van der Waals surface area contributed by atoms with Crippen LogP contribution in [0.2, 0.25) is 0 Å². The molecule has 0 aromatic rings.